The molecule has 2 heterocycles. The molecule has 3 rings (SSSR count). The van der Waals surface area contributed by atoms with Crippen molar-refractivity contribution < 1.29 is 14.3 Å². The fraction of sp³-hybridized carbons (Fsp3) is 0.565. The summed E-state index contributed by atoms with van der Waals surface area (Å²) in [5, 5.41) is 15.4. The summed E-state index contributed by atoms with van der Waals surface area (Å²) in [5.74, 6) is 2.38. The van der Waals surface area contributed by atoms with E-state index < -0.39 is 0 Å². The van der Waals surface area contributed by atoms with E-state index in [2.05, 4.69) is 39.2 Å². The van der Waals surface area contributed by atoms with Crippen LogP contribution in [-0.2, 0) is 29.0 Å². The van der Waals surface area contributed by atoms with Crippen molar-refractivity contribution in [2.45, 2.75) is 64.1 Å². The highest BCUT2D eigenvalue weighted by molar-refractivity contribution is 7.98. The van der Waals surface area contributed by atoms with E-state index in [9.17, 15) is 9.59 Å². The minimum Gasteiger partial charge on any atom is -0.494 e. The average Bonchev–Trinajstić information content (AvgIpc) is 3.15. The van der Waals surface area contributed by atoms with E-state index in [-0.39, 0.29) is 11.8 Å². The van der Waals surface area contributed by atoms with Gasteiger partial charge in [-0.05, 0) is 55.2 Å². The quantitative estimate of drug-likeness (QED) is 0.373. The van der Waals surface area contributed by atoms with E-state index >= 15 is 0 Å². The lowest BCUT2D eigenvalue weighted by Gasteiger charge is -2.17. The maximum absolute atomic E-state index is 12.1. The summed E-state index contributed by atoms with van der Waals surface area (Å²) in [6.45, 7) is 6.38. The standard InChI is InChI=1S/C23H33N5O3S/c1-16(2)15-28-20(26-27-23(28)32-3)6-4-12-24-21(29)7-5-13-31-18-9-10-19-17(14-18)8-11-22(30)25-19/h9-10,14,16H,4-8,11-13,15H2,1-3H3,(H,24,29)(H,25,30). The van der Waals surface area contributed by atoms with E-state index in [4.69, 9.17) is 4.74 Å². The van der Waals surface area contributed by atoms with E-state index in [1.807, 2.05) is 24.5 Å². The van der Waals surface area contributed by atoms with Gasteiger partial charge in [-0.2, -0.15) is 0 Å². The molecule has 2 aromatic rings. The average molecular weight is 460 g/mol. The highest BCUT2D eigenvalue weighted by Gasteiger charge is 2.15. The van der Waals surface area contributed by atoms with Crippen LogP contribution < -0.4 is 15.4 Å². The number of ether oxygens (including phenoxy) is 1. The van der Waals surface area contributed by atoms with Gasteiger partial charge in [0.05, 0.1) is 6.61 Å². The number of aromatic nitrogens is 3. The van der Waals surface area contributed by atoms with Gasteiger partial charge in [0.25, 0.3) is 0 Å². The smallest absolute Gasteiger partial charge is 0.224 e. The number of amides is 2. The van der Waals surface area contributed by atoms with Crippen molar-refractivity contribution in [2.75, 3.05) is 24.7 Å². The normalized spacial score (nSPS) is 13.1. The highest BCUT2D eigenvalue weighted by Crippen LogP contribution is 2.26. The number of hydrogen-bond acceptors (Lipinski definition) is 6. The lowest BCUT2D eigenvalue weighted by atomic mass is 10.0. The number of fused-ring (bicyclic) bond motifs is 1. The number of carbonyl (C=O) groups excluding carboxylic acids is 2. The molecule has 32 heavy (non-hydrogen) atoms. The van der Waals surface area contributed by atoms with Crippen LogP contribution >= 0.6 is 11.8 Å². The molecule has 0 spiro atoms. The minimum atomic E-state index is 0.0372. The van der Waals surface area contributed by atoms with Crippen molar-refractivity contribution in [1.82, 2.24) is 20.1 Å². The van der Waals surface area contributed by atoms with Gasteiger partial charge < -0.3 is 19.9 Å². The third-order valence-corrected chi connectivity index (χ3v) is 5.88. The number of anilines is 1. The van der Waals surface area contributed by atoms with Crippen molar-refractivity contribution in [3.63, 3.8) is 0 Å². The number of aryl methyl sites for hydroxylation is 2. The van der Waals surface area contributed by atoms with Crippen molar-refractivity contribution in [3.8, 4) is 5.75 Å². The van der Waals surface area contributed by atoms with Crippen LogP contribution in [0.5, 0.6) is 5.75 Å². The molecule has 2 N–H and O–H groups in total. The Balaban J connectivity index is 1.32. The molecule has 0 saturated heterocycles. The molecule has 0 saturated carbocycles. The molecule has 0 radical (unpaired) electrons. The molecule has 0 atom stereocenters. The number of carbonyl (C=O) groups is 2. The van der Waals surface area contributed by atoms with Gasteiger partial charge >= 0.3 is 0 Å². The van der Waals surface area contributed by atoms with Crippen LogP contribution in [-0.4, -0.2) is 46.0 Å². The molecule has 174 valence electrons. The fourth-order valence-corrected chi connectivity index (χ4v) is 4.16. The van der Waals surface area contributed by atoms with Gasteiger partial charge in [0.15, 0.2) is 5.16 Å². The topological polar surface area (TPSA) is 98.1 Å². The third-order valence-electron chi connectivity index (χ3n) is 5.21. The van der Waals surface area contributed by atoms with Crippen molar-refractivity contribution >= 4 is 29.3 Å². The van der Waals surface area contributed by atoms with Crippen LogP contribution in [0.15, 0.2) is 23.4 Å². The maximum atomic E-state index is 12.1. The lowest BCUT2D eigenvalue weighted by molar-refractivity contribution is -0.121. The number of rotatable bonds is 12. The zero-order valence-corrected chi connectivity index (χ0v) is 20.0. The first-order chi connectivity index (χ1) is 15.5. The second kappa shape index (κ2) is 11.9. The fourth-order valence-electron chi connectivity index (χ4n) is 3.64. The van der Waals surface area contributed by atoms with Gasteiger partial charge in [-0.3, -0.25) is 9.59 Å². The molecule has 1 aliphatic rings. The molecule has 8 nitrogen and oxygen atoms in total. The van der Waals surface area contributed by atoms with Gasteiger partial charge in [0, 0.05) is 38.0 Å². The molecule has 0 unspecified atom stereocenters. The number of hydrogen-bond donors (Lipinski definition) is 2. The van der Waals surface area contributed by atoms with E-state index in [0.29, 0.717) is 38.3 Å². The molecule has 2 amide bonds. The SMILES string of the molecule is CSc1nnc(CCCNC(=O)CCCOc2ccc3c(c2)CCC(=O)N3)n1CC(C)C. The molecule has 9 heteroatoms. The summed E-state index contributed by atoms with van der Waals surface area (Å²) in [4.78, 5) is 23.5. The lowest BCUT2D eigenvalue weighted by Crippen LogP contribution is -2.25. The third kappa shape index (κ3) is 6.98. The largest absolute Gasteiger partial charge is 0.494 e. The maximum Gasteiger partial charge on any atom is 0.224 e. The summed E-state index contributed by atoms with van der Waals surface area (Å²) >= 11 is 1.61. The zero-order valence-electron chi connectivity index (χ0n) is 19.1. The van der Waals surface area contributed by atoms with Gasteiger partial charge in [0.1, 0.15) is 11.6 Å². The number of nitrogens with zero attached hydrogens (tertiary/aromatic N) is 3. The van der Waals surface area contributed by atoms with Gasteiger partial charge in [-0.1, -0.05) is 25.6 Å². The molecule has 1 aromatic heterocycles. The first kappa shape index (κ1) is 24.1. The van der Waals surface area contributed by atoms with E-state index in [1.165, 1.54) is 0 Å². The van der Waals surface area contributed by atoms with Crippen molar-refractivity contribution in [2.24, 2.45) is 5.92 Å². The van der Waals surface area contributed by atoms with E-state index in [0.717, 1.165) is 53.8 Å². The van der Waals surface area contributed by atoms with Gasteiger partial charge in [0.2, 0.25) is 11.8 Å². The Morgan fingerprint density at radius 2 is 2.12 bits per heavy atom. The van der Waals surface area contributed by atoms with Gasteiger partial charge in [-0.15, -0.1) is 10.2 Å². The van der Waals surface area contributed by atoms with Crippen LogP contribution in [0.3, 0.4) is 0 Å². The van der Waals surface area contributed by atoms with Crippen molar-refractivity contribution in [1.29, 1.82) is 0 Å². The Bertz CT molecular complexity index is 928. The summed E-state index contributed by atoms with van der Waals surface area (Å²) in [7, 11) is 0. The monoisotopic (exact) mass is 459 g/mol. The van der Waals surface area contributed by atoms with Crippen LogP contribution in [0.25, 0.3) is 0 Å². The number of nitrogens with one attached hydrogen (secondary N) is 2. The molecule has 1 aromatic carbocycles. The predicted octanol–water partition coefficient (Wildman–Crippen LogP) is 3.45. The Hall–Kier alpha value is -2.55. The van der Waals surface area contributed by atoms with Crippen LogP contribution in [0.4, 0.5) is 5.69 Å². The summed E-state index contributed by atoms with van der Waals surface area (Å²) in [6, 6.07) is 5.69. The summed E-state index contributed by atoms with van der Waals surface area (Å²) in [5.41, 5.74) is 1.95. The van der Waals surface area contributed by atoms with Crippen LogP contribution in [0.1, 0.15) is 50.9 Å². The second-order valence-corrected chi connectivity index (χ2v) is 9.15. The molecule has 0 bridgehead atoms. The molecule has 0 fully saturated rings. The van der Waals surface area contributed by atoms with Crippen molar-refractivity contribution in [3.05, 3.63) is 29.6 Å². The zero-order chi connectivity index (χ0) is 22.9. The Kier molecular flexibility index (Phi) is 8.96. The van der Waals surface area contributed by atoms with Crippen LogP contribution in [0, 0.1) is 5.92 Å². The Morgan fingerprint density at radius 1 is 1.28 bits per heavy atom. The highest BCUT2D eigenvalue weighted by atomic mass is 32.2. The Morgan fingerprint density at radius 3 is 2.91 bits per heavy atom. The molecule has 0 aliphatic carbocycles. The molecular formula is C23H33N5O3S. The number of benzene rings is 1. The summed E-state index contributed by atoms with van der Waals surface area (Å²) < 4.78 is 7.96. The van der Waals surface area contributed by atoms with E-state index in [1.54, 1.807) is 11.8 Å². The predicted molar refractivity (Wildman–Crippen MR) is 126 cm³/mol. The first-order valence-electron chi connectivity index (χ1n) is 11.2. The molecule has 1 aliphatic heterocycles. The van der Waals surface area contributed by atoms with Gasteiger partial charge in [-0.25, -0.2) is 0 Å². The van der Waals surface area contributed by atoms with Crippen LogP contribution in [0.2, 0.25) is 0 Å². The second-order valence-electron chi connectivity index (χ2n) is 8.38. The summed E-state index contributed by atoms with van der Waals surface area (Å²) in [6.07, 6.45) is 5.96. The molecular weight excluding hydrogens is 426 g/mol. The Labute approximate surface area is 193 Å². The first-order valence-corrected chi connectivity index (χ1v) is 12.5. The minimum absolute atomic E-state index is 0.0372. The number of thioether (sulfide) groups is 1.